The molecule has 1 atom stereocenters. The van der Waals surface area contributed by atoms with E-state index in [1.807, 2.05) is 0 Å². The minimum Gasteiger partial charge on any atom is -0.448 e. The van der Waals surface area contributed by atoms with Gasteiger partial charge < -0.3 is 4.74 Å². The molecule has 6 heteroatoms. The van der Waals surface area contributed by atoms with Gasteiger partial charge in [0.25, 0.3) is 0 Å². The van der Waals surface area contributed by atoms with Crippen molar-refractivity contribution in [2.45, 2.75) is 5.85 Å². The Morgan fingerprint density at radius 1 is 1.00 bits per heavy atom. The van der Waals surface area contributed by atoms with Crippen LogP contribution in [-0.4, -0.2) is 6.29 Å². The third-order valence-electron chi connectivity index (χ3n) is 2.53. The Bertz CT molecular complexity index is 631. The van der Waals surface area contributed by atoms with Crippen LogP contribution in [0.15, 0.2) is 42.5 Å². The van der Waals surface area contributed by atoms with E-state index in [-0.39, 0.29) is 22.6 Å². The average molecular weight is 334 g/mol. The second kappa shape index (κ2) is 6.00. The number of carbonyl (C=O) groups is 1. The summed E-state index contributed by atoms with van der Waals surface area (Å²) in [4.78, 5) is 11.1. The molecule has 0 aliphatic heterocycles. The monoisotopic (exact) mass is 332 g/mol. The van der Waals surface area contributed by atoms with Gasteiger partial charge in [-0.15, -0.1) is 0 Å². The van der Waals surface area contributed by atoms with E-state index in [2.05, 4.69) is 0 Å². The van der Waals surface area contributed by atoms with Crippen LogP contribution in [0.1, 0.15) is 5.56 Å². The molecule has 1 unspecified atom stereocenters. The first-order valence-electron chi connectivity index (χ1n) is 5.50. The van der Waals surface area contributed by atoms with E-state index in [4.69, 9.17) is 39.5 Å². The first-order chi connectivity index (χ1) is 9.44. The minimum atomic E-state index is -2.70. The summed E-state index contributed by atoms with van der Waals surface area (Å²) < 4.78 is 19.8. The van der Waals surface area contributed by atoms with Crippen molar-refractivity contribution in [1.82, 2.24) is 0 Å². The molecule has 2 aromatic carbocycles. The lowest BCUT2D eigenvalue weighted by Gasteiger charge is -2.22. The Morgan fingerprint density at radius 3 is 2.15 bits per heavy atom. The summed E-state index contributed by atoms with van der Waals surface area (Å²) in [6, 6.07) is 9.99. The molecule has 0 saturated carbocycles. The van der Waals surface area contributed by atoms with Gasteiger partial charge in [-0.25, -0.2) is 0 Å². The smallest absolute Gasteiger partial charge is 0.332 e. The SMILES string of the molecule is O=CC(F)(Oc1ccc(Cl)cc1)c1ccc(Cl)cc1Cl. The molecule has 0 aliphatic carbocycles. The summed E-state index contributed by atoms with van der Waals surface area (Å²) in [5, 5.41) is 0.803. The van der Waals surface area contributed by atoms with Gasteiger partial charge in [-0.05, 0) is 42.5 Å². The fraction of sp³-hybridized carbons (Fsp3) is 0.0714. The zero-order valence-electron chi connectivity index (χ0n) is 9.95. The van der Waals surface area contributed by atoms with Gasteiger partial charge in [-0.2, -0.15) is 4.39 Å². The average Bonchev–Trinajstić information content (AvgIpc) is 2.41. The predicted octanol–water partition coefficient (Wildman–Crippen LogP) is 5.05. The normalized spacial score (nSPS) is 13.6. The van der Waals surface area contributed by atoms with Gasteiger partial charge in [0.05, 0.1) is 10.6 Å². The molecule has 0 aromatic heterocycles. The van der Waals surface area contributed by atoms with Crippen LogP contribution < -0.4 is 4.74 Å². The van der Waals surface area contributed by atoms with Crippen molar-refractivity contribution >= 4 is 41.1 Å². The summed E-state index contributed by atoms with van der Waals surface area (Å²) in [6.07, 6.45) is 0.0384. The number of hydrogen-bond acceptors (Lipinski definition) is 2. The highest BCUT2D eigenvalue weighted by molar-refractivity contribution is 6.35. The maximum absolute atomic E-state index is 14.7. The van der Waals surface area contributed by atoms with Crippen molar-refractivity contribution in [3.05, 3.63) is 63.1 Å². The molecular weight excluding hydrogens is 326 g/mol. The number of aldehydes is 1. The van der Waals surface area contributed by atoms with Crippen LogP contribution >= 0.6 is 34.8 Å². The van der Waals surface area contributed by atoms with Gasteiger partial charge >= 0.3 is 5.85 Å². The van der Waals surface area contributed by atoms with Crippen LogP contribution in [-0.2, 0) is 10.6 Å². The number of rotatable bonds is 4. The highest BCUT2D eigenvalue weighted by atomic mass is 35.5. The molecule has 0 aliphatic rings. The number of benzene rings is 2. The quantitative estimate of drug-likeness (QED) is 0.732. The third-order valence-corrected chi connectivity index (χ3v) is 3.33. The number of hydrogen-bond donors (Lipinski definition) is 0. The van der Waals surface area contributed by atoms with E-state index in [0.717, 1.165) is 0 Å². The molecular formula is C14H8Cl3FO2. The summed E-state index contributed by atoms with van der Waals surface area (Å²) in [5.74, 6) is -2.55. The van der Waals surface area contributed by atoms with E-state index in [9.17, 15) is 9.18 Å². The van der Waals surface area contributed by atoms with Crippen molar-refractivity contribution in [2.24, 2.45) is 0 Å². The van der Waals surface area contributed by atoms with Gasteiger partial charge in [0, 0.05) is 10.0 Å². The first kappa shape index (κ1) is 15.1. The number of ether oxygens (including phenoxy) is 1. The van der Waals surface area contributed by atoms with Gasteiger partial charge in [0.2, 0.25) is 6.29 Å². The van der Waals surface area contributed by atoms with Crippen molar-refractivity contribution in [3.63, 3.8) is 0 Å². The highest BCUT2D eigenvalue weighted by Crippen LogP contribution is 2.34. The highest BCUT2D eigenvalue weighted by Gasteiger charge is 2.36. The summed E-state index contributed by atoms with van der Waals surface area (Å²) >= 11 is 17.4. The van der Waals surface area contributed by atoms with Gasteiger partial charge in [-0.1, -0.05) is 34.8 Å². The molecule has 2 aromatic rings. The Kier molecular flexibility index (Phi) is 4.53. The molecule has 104 valence electrons. The van der Waals surface area contributed by atoms with E-state index in [0.29, 0.717) is 10.0 Å². The molecule has 0 spiro atoms. The van der Waals surface area contributed by atoms with Crippen LogP contribution in [0, 0.1) is 0 Å². The molecule has 2 rings (SSSR count). The van der Waals surface area contributed by atoms with E-state index in [1.165, 1.54) is 42.5 Å². The van der Waals surface area contributed by atoms with Crippen LogP contribution in [0.4, 0.5) is 4.39 Å². The van der Waals surface area contributed by atoms with E-state index < -0.39 is 5.85 Å². The molecule has 20 heavy (non-hydrogen) atoms. The Hall–Kier alpha value is -1.29. The summed E-state index contributed by atoms with van der Waals surface area (Å²) in [5.41, 5.74) is -0.117. The zero-order valence-corrected chi connectivity index (χ0v) is 12.2. The maximum Gasteiger partial charge on any atom is 0.332 e. The minimum absolute atomic E-state index is 0.000985. The van der Waals surface area contributed by atoms with Crippen molar-refractivity contribution in [3.8, 4) is 5.75 Å². The Labute approximate surface area is 130 Å². The lowest BCUT2D eigenvalue weighted by atomic mass is 10.1. The van der Waals surface area contributed by atoms with E-state index >= 15 is 0 Å². The first-order valence-corrected chi connectivity index (χ1v) is 6.63. The molecule has 0 radical (unpaired) electrons. The molecule has 2 nitrogen and oxygen atoms in total. The van der Waals surface area contributed by atoms with Gasteiger partial charge in [-0.3, -0.25) is 4.79 Å². The Balaban J connectivity index is 2.37. The molecule has 0 heterocycles. The second-order valence-electron chi connectivity index (χ2n) is 3.94. The van der Waals surface area contributed by atoms with Crippen molar-refractivity contribution in [2.75, 3.05) is 0 Å². The number of alkyl halides is 1. The lowest BCUT2D eigenvalue weighted by Crippen LogP contribution is -2.30. The number of carbonyl (C=O) groups excluding carboxylic acids is 1. The molecule has 0 fully saturated rings. The topological polar surface area (TPSA) is 26.3 Å². The second-order valence-corrected chi connectivity index (χ2v) is 5.22. The van der Waals surface area contributed by atoms with Crippen LogP contribution in [0.25, 0.3) is 0 Å². The molecule has 0 amide bonds. The van der Waals surface area contributed by atoms with Gasteiger partial charge in [0.15, 0.2) is 0 Å². The largest absolute Gasteiger partial charge is 0.448 e. The standard InChI is InChI=1S/C14H8Cl3FO2/c15-9-1-4-11(5-2-9)20-14(18,8-19)12-6-3-10(16)7-13(12)17/h1-8H. The number of halogens is 4. The molecule has 0 N–H and O–H groups in total. The predicted molar refractivity (Wildman–Crippen MR) is 77.4 cm³/mol. The third kappa shape index (κ3) is 3.23. The van der Waals surface area contributed by atoms with Crippen molar-refractivity contribution in [1.29, 1.82) is 0 Å². The zero-order chi connectivity index (χ0) is 14.8. The fourth-order valence-electron chi connectivity index (χ4n) is 1.58. The van der Waals surface area contributed by atoms with Gasteiger partial charge in [0.1, 0.15) is 5.75 Å². The fourth-order valence-corrected chi connectivity index (χ4v) is 2.25. The van der Waals surface area contributed by atoms with Crippen LogP contribution in [0.3, 0.4) is 0 Å². The maximum atomic E-state index is 14.7. The van der Waals surface area contributed by atoms with E-state index in [1.54, 1.807) is 0 Å². The van der Waals surface area contributed by atoms with Crippen molar-refractivity contribution < 1.29 is 13.9 Å². The van der Waals surface area contributed by atoms with Crippen LogP contribution in [0.2, 0.25) is 15.1 Å². The lowest BCUT2D eigenvalue weighted by molar-refractivity contribution is -0.139. The molecule has 0 bridgehead atoms. The molecule has 0 saturated heterocycles. The summed E-state index contributed by atoms with van der Waals surface area (Å²) in [7, 11) is 0. The Morgan fingerprint density at radius 2 is 1.60 bits per heavy atom. The summed E-state index contributed by atoms with van der Waals surface area (Å²) in [6.45, 7) is 0. The van der Waals surface area contributed by atoms with Crippen LogP contribution in [0.5, 0.6) is 5.75 Å².